The van der Waals surface area contributed by atoms with Crippen molar-refractivity contribution < 1.29 is 17.9 Å². The van der Waals surface area contributed by atoms with Crippen LogP contribution in [0.4, 0.5) is 5.69 Å². The van der Waals surface area contributed by atoms with E-state index in [0.717, 1.165) is 12.0 Å². The van der Waals surface area contributed by atoms with Gasteiger partial charge in [0.15, 0.2) is 0 Å². The Balaban J connectivity index is 1.75. The number of rotatable bonds is 5. The van der Waals surface area contributed by atoms with E-state index in [4.69, 9.17) is 4.74 Å². The van der Waals surface area contributed by atoms with Gasteiger partial charge in [0.25, 0.3) is 5.91 Å². The van der Waals surface area contributed by atoms with Crippen LogP contribution < -0.4 is 5.32 Å². The predicted octanol–water partition coefficient (Wildman–Crippen LogP) is 1.85. The zero-order valence-electron chi connectivity index (χ0n) is 14.0. The number of nitrogens with zero attached hydrogens (tertiary/aromatic N) is 1. The van der Waals surface area contributed by atoms with Crippen LogP contribution in [-0.2, 0) is 21.2 Å². The average molecular weight is 363 g/mol. The van der Waals surface area contributed by atoms with Gasteiger partial charge in [-0.3, -0.25) is 4.79 Å². The summed E-state index contributed by atoms with van der Waals surface area (Å²) >= 11 is 0. The molecule has 1 saturated heterocycles. The Bertz CT molecular complexity index is 854. The molecule has 1 aromatic heterocycles. The number of benzene rings is 1. The van der Waals surface area contributed by atoms with Gasteiger partial charge in [0.2, 0.25) is 10.0 Å². The minimum absolute atomic E-state index is 0.0851. The number of aryl methyl sites for hydroxylation is 1. The highest BCUT2D eigenvalue weighted by Gasteiger charge is 2.27. The Hall–Kier alpha value is -2.16. The molecule has 0 aliphatic carbocycles. The number of morpholine rings is 1. The summed E-state index contributed by atoms with van der Waals surface area (Å²) in [6, 6.07) is 8.91. The van der Waals surface area contributed by atoms with Crippen molar-refractivity contribution in [3.63, 3.8) is 0 Å². The minimum Gasteiger partial charge on any atom is -0.379 e. The van der Waals surface area contributed by atoms with Crippen molar-refractivity contribution in [3.8, 4) is 0 Å². The fourth-order valence-corrected chi connectivity index (χ4v) is 4.06. The van der Waals surface area contributed by atoms with Crippen LogP contribution in [0.25, 0.3) is 0 Å². The van der Waals surface area contributed by atoms with Gasteiger partial charge in [0, 0.05) is 25.0 Å². The standard InChI is InChI=1S/C17H21N3O4S/c1-2-13-4-3-5-14(10-13)19-17(21)16-11-15(12-18-16)25(22,23)20-6-8-24-9-7-20/h3-5,10-12,18H,2,6-9H2,1H3,(H,19,21). The van der Waals surface area contributed by atoms with Crippen LogP contribution >= 0.6 is 0 Å². The van der Waals surface area contributed by atoms with Gasteiger partial charge in [0.05, 0.1) is 13.2 Å². The van der Waals surface area contributed by atoms with E-state index in [1.807, 2.05) is 25.1 Å². The third-order valence-corrected chi connectivity index (χ3v) is 5.98. The summed E-state index contributed by atoms with van der Waals surface area (Å²) in [6.07, 6.45) is 2.22. The van der Waals surface area contributed by atoms with Crippen molar-refractivity contribution in [1.82, 2.24) is 9.29 Å². The molecule has 0 unspecified atom stereocenters. The number of ether oxygens (including phenoxy) is 1. The van der Waals surface area contributed by atoms with Gasteiger partial charge in [0.1, 0.15) is 10.6 Å². The molecule has 1 aliphatic rings. The molecule has 0 saturated carbocycles. The first-order chi connectivity index (χ1) is 12.0. The van der Waals surface area contributed by atoms with Crippen LogP contribution in [0.1, 0.15) is 23.0 Å². The van der Waals surface area contributed by atoms with Crippen molar-refractivity contribution in [2.75, 3.05) is 31.6 Å². The number of aromatic amines is 1. The molecule has 2 aromatic rings. The van der Waals surface area contributed by atoms with E-state index in [0.29, 0.717) is 32.0 Å². The normalized spacial score (nSPS) is 15.9. The monoisotopic (exact) mass is 363 g/mol. The van der Waals surface area contributed by atoms with Crippen LogP contribution in [0.15, 0.2) is 41.4 Å². The highest BCUT2D eigenvalue weighted by molar-refractivity contribution is 7.89. The number of hydrogen-bond donors (Lipinski definition) is 2. The van der Waals surface area contributed by atoms with Crippen molar-refractivity contribution in [3.05, 3.63) is 47.8 Å². The maximum atomic E-state index is 12.6. The van der Waals surface area contributed by atoms with Gasteiger partial charge in [-0.1, -0.05) is 19.1 Å². The van der Waals surface area contributed by atoms with E-state index in [-0.39, 0.29) is 16.5 Å². The van der Waals surface area contributed by atoms with E-state index in [1.165, 1.54) is 16.6 Å². The van der Waals surface area contributed by atoms with E-state index in [9.17, 15) is 13.2 Å². The van der Waals surface area contributed by atoms with Gasteiger partial charge in [-0.15, -0.1) is 0 Å². The number of anilines is 1. The smallest absolute Gasteiger partial charge is 0.272 e. The molecule has 1 aromatic carbocycles. The fraction of sp³-hybridized carbons (Fsp3) is 0.353. The number of sulfonamides is 1. The van der Waals surface area contributed by atoms with E-state index < -0.39 is 10.0 Å². The lowest BCUT2D eigenvalue weighted by Gasteiger charge is -2.25. The molecule has 1 fully saturated rings. The molecule has 134 valence electrons. The number of amides is 1. The van der Waals surface area contributed by atoms with Crippen LogP contribution in [0, 0.1) is 0 Å². The first-order valence-electron chi connectivity index (χ1n) is 8.17. The van der Waals surface area contributed by atoms with Gasteiger partial charge in [-0.25, -0.2) is 8.42 Å². The summed E-state index contributed by atoms with van der Waals surface area (Å²) in [7, 11) is -3.62. The first-order valence-corrected chi connectivity index (χ1v) is 9.61. The summed E-state index contributed by atoms with van der Waals surface area (Å²) in [6.45, 7) is 3.43. The molecular formula is C17H21N3O4S. The zero-order chi connectivity index (χ0) is 17.9. The predicted molar refractivity (Wildman–Crippen MR) is 94.1 cm³/mol. The van der Waals surface area contributed by atoms with Gasteiger partial charge < -0.3 is 15.0 Å². The first kappa shape index (κ1) is 17.7. The third-order valence-electron chi connectivity index (χ3n) is 4.10. The van der Waals surface area contributed by atoms with Gasteiger partial charge in [-0.2, -0.15) is 4.31 Å². The topological polar surface area (TPSA) is 91.5 Å². The summed E-state index contributed by atoms with van der Waals surface area (Å²) in [5.41, 5.74) is 1.99. The van der Waals surface area contributed by atoms with Crippen molar-refractivity contribution in [2.24, 2.45) is 0 Å². The number of hydrogen-bond acceptors (Lipinski definition) is 4. The van der Waals surface area contributed by atoms with Crippen molar-refractivity contribution in [2.45, 2.75) is 18.2 Å². The van der Waals surface area contributed by atoms with Gasteiger partial charge >= 0.3 is 0 Å². The lowest BCUT2D eigenvalue weighted by molar-refractivity contribution is 0.0730. The van der Waals surface area contributed by atoms with Gasteiger partial charge in [-0.05, 0) is 30.2 Å². The lowest BCUT2D eigenvalue weighted by atomic mass is 10.1. The summed E-state index contributed by atoms with van der Waals surface area (Å²) in [4.78, 5) is 15.2. The summed E-state index contributed by atoms with van der Waals surface area (Å²) in [5.74, 6) is -0.378. The summed E-state index contributed by atoms with van der Waals surface area (Å²) < 4.78 is 31.7. The van der Waals surface area contributed by atoms with E-state index in [1.54, 1.807) is 6.07 Å². The Morgan fingerprint density at radius 1 is 1.28 bits per heavy atom. The molecule has 0 atom stereocenters. The number of carbonyl (C=O) groups is 1. The number of aromatic nitrogens is 1. The maximum Gasteiger partial charge on any atom is 0.272 e. The number of carbonyl (C=O) groups excluding carboxylic acids is 1. The molecule has 0 bridgehead atoms. The van der Waals surface area contributed by atoms with Crippen molar-refractivity contribution >= 4 is 21.6 Å². The lowest BCUT2D eigenvalue weighted by Crippen LogP contribution is -2.40. The largest absolute Gasteiger partial charge is 0.379 e. The maximum absolute atomic E-state index is 12.6. The molecular weight excluding hydrogens is 342 g/mol. The second-order valence-electron chi connectivity index (χ2n) is 5.77. The highest BCUT2D eigenvalue weighted by Crippen LogP contribution is 2.19. The number of H-pyrrole nitrogens is 1. The van der Waals surface area contributed by atoms with Crippen molar-refractivity contribution in [1.29, 1.82) is 0 Å². The van der Waals surface area contributed by atoms with Crippen LogP contribution in [0.5, 0.6) is 0 Å². The SMILES string of the molecule is CCc1cccc(NC(=O)c2cc(S(=O)(=O)N3CCOCC3)c[nH]2)c1. The Morgan fingerprint density at radius 3 is 2.76 bits per heavy atom. The third kappa shape index (κ3) is 3.92. The molecule has 1 amide bonds. The molecule has 1 aliphatic heterocycles. The Kier molecular flexibility index (Phi) is 5.22. The Labute approximate surface area is 147 Å². The Morgan fingerprint density at radius 2 is 2.04 bits per heavy atom. The second-order valence-corrected chi connectivity index (χ2v) is 7.71. The van der Waals surface area contributed by atoms with E-state index >= 15 is 0 Å². The molecule has 2 heterocycles. The second kappa shape index (κ2) is 7.38. The van der Waals surface area contributed by atoms with Crippen LogP contribution in [0.2, 0.25) is 0 Å². The molecule has 2 N–H and O–H groups in total. The molecule has 25 heavy (non-hydrogen) atoms. The molecule has 0 radical (unpaired) electrons. The molecule has 3 rings (SSSR count). The quantitative estimate of drug-likeness (QED) is 0.848. The summed E-state index contributed by atoms with van der Waals surface area (Å²) in [5, 5.41) is 2.78. The zero-order valence-corrected chi connectivity index (χ0v) is 14.8. The molecule has 7 nitrogen and oxygen atoms in total. The number of nitrogens with one attached hydrogen (secondary N) is 2. The molecule has 0 spiro atoms. The minimum atomic E-state index is -3.62. The highest BCUT2D eigenvalue weighted by atomic mass is 32.2. The van der Waals surface area contributed by atoms with Crippen LogP contribution in [0.3, 0.4) is 0 Å². The fourth-order valence-electron chi connectivity index (χ4n) is 2.66. The van der Waals surface area contributed by atoms with Crippen LogP contribution in [-0.4, -0.2) is 49.9 Å². The molecule has 8 heteroatoms. The van der Waals surface area contributed by atoms with E-state index in [2.05, 4.69) is 10.3 Å². The average Bonchev–Trinajstić information content (AvgIpc) is 3.14.